The number of β-lactam (4-membered cyclic amide) rings is 1. The minimum absolute atomic E-state index is 0.0278. The van der Waals surface area contributed by atoms with Gasteiger partial charge < -0.3 is 35.5 Å². The van der Waals surface area contributed by atoms with Gasteiger partial charge in [0, 0.05) is 36.4 Å². The second-order valence-corrected chi connectivity index (χ2v) is 14.2. The fraction of sp³-hybridized carbons (Fsp3) is 0.538. The Hall–Kier alpha value is -4.24. The maximum absolute atomic E-state index is 13.4. The number of fused-ring (bicyclic) bond motifs is 1. The number of ether oxygens (including phenoxy) is 1. The lowest BCUT2D eigenvalue weighted by Gasteiger charge is -2.53. The number of carboxylic acids is 1. The first-order valence-corrected chi connectivity index (χ1v) is 17.1. The monoisotopic (exact) mass is 710 g/mol. The van der Waals surface area contributed by atoms with Crippen molar-refractivity contribution >= 4 is 76.0 Å². The number of carboxylic acid groups (broad SMARTS) is 1. The van der Waals surface area contributed by atoms with Crippen LogP contribution < -0.4 is 16.0 Å². The Morgan fingerprint density at radius 3 is 2.83 bits per heavy atom. The van der Waals surface area contributed by atoms with Crippen molar-refractivity contribution in [3.05, 3.63) is 23.7 Å². The Bertz CT molecular complexity index is 1530. The first-order valence-electron chi connectivity index (χ1n) is 14.2. The van der Waals surface area contributed by atoms with Crippen LogP contribution >= 0.6 is 34.9 Å². The van der Waals surface area contributed by atoms with Crippen LogP contribution in [0.5, 0.6) is 0 Å². The van der Waals surface area contributed by atoms with Crippen LogP contribution in [0, 0.1) is 5.41 Å². The van der Waals surface area contributed by atoms with Gasteiger partial charge in [0.05, 0.1) is 6.54 Å². The van der Waals surface area contributed by atoms with E-state index in [1.54, 1.807) is 26.8 Å². The number of carbonyl (C=O) groups excluding carboxylic acids is 4. The van der Waals surface area contributed by atoms with Gasteiger partial charge in [0.1, 0.15) is 34.7 Å². The Balaban J connectivity index is 1.37. The molecule has 2 aliphatic heterocycles. The number of aromatic nitrogens is 5. The second-order valence-electron chi connectivity index (χ2n) is 11.3. The number of anilines is 1. The predicted molar refractivity (Wildman–Crippen MR) is 172 cm³/mol. The van der Waals surface area contributed by atoms with Crippen LogP contribution in [0.4, 0.5) is 9.93 Å². The Morgan fingerprint density at radius 2 is 2.13 bits per heavy atom. The summed E-state index contributed by atoms with van der Waals surface area (Å²) in [6.07, 6.45) is 1.82. The number of rotatable bonds is 16. The molecule has 4 N–H and O–H groups in total. The lowest BCUT2D eigenvalue weighted by atomic mass is 9.89. The molecule has 2 unspecified atom stereocenters. The van der Waals surface area contributed by atoms with Crippen LogP contribution in [0.2, 0.25) is 0 Å². The number of hydrogen-bond acceptors (Lipinski definition) is 15. The summed E-state index contributed by atoms with van der Waals surface area (Å²) in [5.41, 5.74) is -2.05. The van der Waals surface area contributed by atoms with Crippen LogP contribution in [-0.4, -0.2) is 119 Å². The van der Waals surface area contributed by atoms with E-state index in [2.05, 4.69) is 48.2 Å². The zero-order chi connectivity index (χ0) is 34.2. The molecule has 47 heavy (non-hydrogen) atoms. The summed E-state index contributed by atoms with van der Waals surface area (Å²) in [7, 11) is 0. The van der Waals surface area contributed by atoms with E-state index in [-0.39, 0.29) is 47.7 Å². The van der Waals surface area contributed by atoms with Crippen molar-refractivity contribution in [1.82, 2.24) is 40.7 Å². The fourth-order valence-electron chi connectivity index (χ4n) is 4.31. The Morgan fingerprint density at radius 1 is 1.34 bits per heavy atom. The normalized spacial score (nSPS) is 20.8. The Kier molecular flexibility index (Phi) is 11.8. The second kappa shape index (κ2) is 15.6. The van der Waals surface area contributed by atoms with E-state index in [0.717, 1.165) is 11.3 Å². The van der Waals surface area contributed by atoms with Gasteiger partial charge in [-0.05, 0) is 31.2 Å². The summed E-state index contributed by atoms with van der Waals surface area (Å²) in [4.78, 5) is 72.7. The number of thiazole rings is 1. The highest BCUT2D eigenvalue weighted by Crippen LogP contribution is 2.44. The molecule has 18 nitrogen and oxygen atoms in total. The first-order chi connectivity index (χ1) is 22.4. The molecule has 0 bridgehead atoms. The van der Waals surface area contributed by atoms with Crippen LogP contribution in [0.3, 0.4) is 0 Å². The molecule has 4 heterocycles. The van der Waals surface area contributed by atoms with Gasteiger partial charge in [0.15, 0.2) is 10.8 Å². The molecule has 2 saturated heterocycles. The van der Waals surface area contributed by atoms with Gasteiger partial charge in [-0.1, -0.05) is 23.0 Å². The molecule has 0 spiro atoms. The van der Waals surface area contributed by atoms with Gasteiger partial charge in [-0.3, -0.25) is 19.2 Å². The number of nitrogens with one attached hydrogen (secondary N) is 3. The molecule has 2 aromatic rings. The summed E-state index contributed by atoms with van der Waals surface area (Å²) >= 11 is 3.48. The number of tetrazole rings is 1. The molecule has 2 fully saturated rings. The quantitative estimate of drug-likeness (QED) is 0.0359. The van der Waals surface area contributed by atoms with Crippen LogP contribution in [0.15, 0.2) is 28.3 Å². The highest BCUT2D eigenvalue weighted by Gasteiger charge is 2.57. The molecule has 0 radical (unpaired) electrons. The van der Waals surface area contributed by atoms with Crippen molar-refractivity contribution in [2.75, 3.05) is 36.5 Å². The van der Waals surface area contributed by atoms with Gasteiger partial charge in [0.25, 0.3) is 5.91 Å². The largest absolute Gasteiger partial charge is 0.481 e. The van der Waals surface area contributed by atoms with Gasteiger partial charge in [-0.15, -0.1) is 34.8 Å². The van der Waals surface area contributed by atoms with E-state index in [4.69, 9.17) is 9.57 Å². The molecule has 2 aliphatic rings. The molecular weight excluding hydrogens is 677 g/mol. The van der Waals surface area contributed by atoms with Gasteiger partial charge in [-0.25, -0.2) is 14.5 Å². The standard InChI is InChI=1S/C26H34N10O8S3/c1-5-8-36-23(31-33-34-36)47-13-26(21(40)41)11-35-19(39)17(20(35)46-12-26)30-18(38)16(15-10-45-22(29-15)28-14-37)32-43-9-6-7-27-24(42)44-25(2,3)4/h5,10,14,17,20H,1,6-9,11-13H2,2-4H3,(H,27,42)(H,30,38)(H,40,41)(H,28,29,37)/t17?,20-,26?/m1/s1. The van der Waals surface area contributed by atoms with Gasteiger partial charge >= 0.3 is 12.1 Å². The minimum atomic E-state index is -1.27. The summed E-state index contributed by atoms with van der Waals surface area (Å²) in [6.45, 7) is 9.45. The Labute approximate surface area is 281 Å². The minimum Gasteiger partial charge on any atom is -0.481 e. The van der Waals surface area contributed by atoms with Gasteiger partial charge in [0.2, 0.25) is 17.5 Å². The number of carbonyl (C=O) groups is 5. The maximum atomic E-state index is 13.4. The molecule has 0 aliphatic carbocycles. The lowest BCUT2D eigenvalue weighted by Crippen LogP contribution is -2.74. The van der Waals surface area contributed by atoms with Crippen molar-refractivity contribution in [1.29, 1.82) is 0 Å². The maximum Gasteiger partial charge on any atom is 0.407 e. The summed E-state index contributed by atoms with van der Waals surface area (Å²) < 4.78 is 6.67. The van der Waals surface area contributed by atoms with E-state index >= 15 is 0 Å². The number of oxime groups is 1. The van der Waals surface area contributed by atoms with E-state index < -0.39 is 46.3 Å². The number of hydrogen-bond donors (Lipinski definition) is 4. The third kappa shape index (κ3) is 8.98. The molecule has 4 amide bonds. The van der Waals surface area contributed by atoms with E-state index in [1.807, 2.05) is 0 Å². The summed E-state index contributed by atoms with van der Waals surface area (Å²) in [6, 6.07) is -0.943. The van der Waals surface area contributed by atoms with E-state index in [1.165, 1.54) is 38.5 Å². The molecule has 4 rings (SSSR count). The summed E-state index contributed by atoms with van der Waals surface area (Å²) in [5, 5.41) is 34.9. The third-order valence-corrected chi connectivity index (χ3v) is 10.2. The lowest BCUT2D eigenvalue weighted by molar-refractivity contribution is -0.157. The van der Waals surface area contributed by atoms with Crippen molar-refractivity contribution in [3.8, 4) is 0 Å². The topological polar surface area (TPSA) is 232 Å². The molecule has 3 atom stereocenters. The highest BCUT2D eigenvalue weighted by atomic mass is 32.2. The average molecular weight is 711 g/mol. The highest BCUT2D eigenvalue weighted by molar-refractivity contribution is 8.00. The average Bonchev–Trinajstić information content (AvgIpc) is 3.67. The SMILES string of the molecule is C=CCn1nnnc1SCC1(C(=O)O)CS[C@@H]2C(NC(=O)C(=NOCCCNC(=O)OC(C)(C)C)c3csc(NC=O)n3)C(=O)N2C1. The van der Waals surface area contributed by atoms with Crippen molar-refractivity contribution in [2.45, 2.75) is 55.9 Å². The zero-order valence-electron chi connectivity index (χ0n) is 25.7. The predicted octanol–water partition coefficient (Wildman–Crippen LogP) is 0.783. The van der Waals surface area contributed by atoms with E-state index in [0.29, 0.717) is 24.5 Å². The first kappa shape index (κ1) is 35.6. The van der Waals surface area contributed by atoms with Crippen molar-refractivity contribution in [2.24, 2.45) is 10.6 Å². The molecule has 0 aromatic carbocycles. The van der Waals surface area contributed by atoms with Crippen molar-refractivity contribution < 1.29 is 38.7 Å². The number of amides is 4. The molecule has 2 aromatic heterocycles. The van der Waals surface area contributed by atoms with Crippen LogP contribution in [-0.2, 0) is 35.3 Å². The molecule has 0 saturated carbocycles. The number of thioether (sulfide) groups is 2. The molecular formula is C26H34N10O8S3. The summed E-state index contributed by atoms with van der Waals surface area (Å²) in [5.74, 6) is -1.97. The van der Waals surface area contributed by atoms with Crippen molar-refractivity contribution in [3.63, 3.8) is 0 Å². The third-order valence-electron chi connectivity index (χ3n) is 6.54. The zero-order valence-corrected chi connectivity index (χ0v) is 28.2. The fourth-order valence-corrected chi connectivity index (χ4v) is 7.71. The van der Waals surface area contributed by atoms with Crippen LogP contribution in [0.25, 0.3) is 0 Å². The van der Waals surface area contributed by atoms with Crippen LogP contribution in [0.1, 0.15) is 32.9 Å². The smallest absolute Gasteiger partial charge is 0.407 e. The number of alkyl carbamates (subject to hydrolysis) is 1. The molecule has 21 heteroatoms. The number of aliphatic carboxylic acids is 1. The van der Waals surface area contributed by atoms with E-state index in [9.17, 15) is 29.1 Å². The van der Waals surface area contributed by atoms with Gasteiger partial charge in [-0.2, -0.15) is 0 Å². The molecule has 254 valence electrons. The number of nitrogens with zero attached hydrogens (tertiary/aromatic N) is 7. The number of allylic oxidation sites excluding steroid dienone is 1.